The lowest BCUT2D eigenvalue weighted by molar-refractivity contribution is -0.131. The molecule has 86 valence electrons. The van der Waals surface area contributed by atoms with E-state index in [0.29, 0.717) is 6.54 Å². The van der Waals surface area contributed by atoms with E-state index in [4.69, 9.17) is 11.0 Å². The molecule has 0 spiro atoms. The first-order chi connectivity index (χ1) is 7.02. The third-order valence-electron chi connectivity index (χ3n) is 2.33. The molecule has 0 aliphatic rings. The third kappa shape index (κ3) is 5.38. The van der Waals surface area contributed by atoms with Crippen molar-refractivity contribution >= 4 is 5.91 Å². The number of nitriles is 1. The summed E-state index contributed by atoms with van der Waals surface area (Å²) >= 11 is 0. The number of nitrogens with two attached hydrogens (primary N) is 1. The summed E-state index contributed by atoms with van der Waals surface area (Å²) in [5.41, 5.74) is 5.75. The quantitative estimate of drug-likeness (QED) is 0.715. The summed E-state index contributed by atoms with van der Waals surface area (Å²) in [5, 5.41) is 8.63. The molecule has 0 radical (unpaired) electrons. The monoisotopic (exact) mass is 211 g/mol. The van der Waals surface area contributed by atoms with Gasteiger partial charge >= 0.3 is 0 Å². The van der Waals surface area contributed by atoms with Crippen molar-refractivity contribution in [3.05, 3.63) is 0 Å². The molecule has 0 aromatic rings. The van der Waals surface area contributed by atoms with E-state index in [1.165, 1.54) is 0 Å². The number of likely N-dealkylation sites (N-methyl/N-ethyl adjacent to an activating group) is 1. The van der Waals surface area contributed by atoms with Gasteiger partial charge in [0.2, 0.25) is 5.91 Å². The highest BCUT2D eigenvalue weighted by molar-refractivity contribution is 5.81. The molecule has 2 atom stereocenters. The van der Waals surface area contributed by atoms with Gasteiger partial charge in [0.15, 0.2) is 0 Å². The highest BCUT2D eigenvalue weighted by Gasteiger charge is 2.18. The summed E-state index contributed by atoms with van der Waals surface area (Å²) in [6.45, 7) is 4.31. The van der Waals surface area contributed by atoms with Crippen LogP contribution in [0.5, 0.6) is 0 Å². The van der Waals surface area contributed by atoms with E-state index < -0.39 is 6.04 Å². The predicted molar refractivity (Wildman–Crippen MR) is 59.9 cm³/mol. The van der Waals surface area contributed by atoms with Gasteiger partial charge in [0, 0.05) is 13.6 Å². The molecule has 0 aliphatic heterocycles. The van der Waals surface area contributed by atoms with Crippen LogP contribution in [0.1, 0.15) is 33.1 Å². The molecule has 0 saturated carbocycles. The second kappa shape index (κ2) is 7.24. The van der Waals surface area contributed by atoms with Crippen molar-refractivity contribution < 1.29 is 4.79 Å². The zero-order chi connectivity index (χ0) is 11.8. The van der Waals surface area contributed by atoms with Crippen LogP contribution in [0.25, 0.3) is 0 Å². The summed E-state index contributed by atoms with van der Waals surface area (Å²) in [7, 11) is 1.70. The largest absolute Gasteiger partial charge is 0.343 e. The van der Waals surface area contributed by atoms with E-state index in [9.17, 15) is 4.79 Å². The van der Waals surface area contributed by atoms with Gasteiger partial charge in [0.1, 0.15) is 0 Å². The first-order valence-electron chi connectivity index (χ1n) is 5.43. The molecule has 0 bridgehead atoms. The van der Waals surface area contributed by atoms with Crippen molar-refractivity contribution in [3.63, 3.8) is 0 Å². The van der Waals surface area contributed by atoms with Crippen molar-refractivity contribution in [2.45, 2.75) is 39.2 Å². The molecule has 1 amide bonds. The van der Waals surface area contributed by atoms with Gasteiger partial charge in [0.25, 0.3) is 0 Å². The maximum absolute atomic E-state index is 11.7. The Balaban J connectivity index is 4.02. The van der Waals surface area contributed by atoms with Crippen molar-refractivity contribution in [2.75, 3.05) is 13.6 Å². The molecule has 0 aromatic heterocycles. The number of carbonyl (C=O) groups is 1. The fraction of sp³-hybridized carbons (Fsp3) is 0.818. The minimum atomic E-state index is -0.416. The Morgan fingerprint density at radius 1 is 1.60 bits per heavy atom. The Morgan fingerprint density at radius 2 is 2.20 bits per heavy atom. The SMILES string of the molecule is CCCCC(N)C(=O)N(C)CC(C)C#N. The van der Waals surface area contributed by atoms with Gasteiger partial charge in [-0.2, -0.15) is 5.26 Å². The van der Waals surface area contributed by atoms with Crippen LogP contribution in [0.15, 0.2) is 0 Å². The lowest BCUT2D eigenvalue weighted by atomic mass is 10.1. The van der Waals surface area contributed by atoms with E-state index >= 15 is 0 Å². The summed E-state index contributed by atoms with van der Waals surface area (Å²) in [6.07, 6.45) is 2.73. The lowest BCUT2D eigenvalue weighted by Gasteiger charge is -2.22. The number of amides is 1. The average molecular weight is 211 g/mol. The molecule has 0 rings (SSSR count). The van der Waals surface area contributed by atoms with Gasteiger partial charge in [-0.05, 0) is 13.3 Å². The molecule has 0 heterocycles. The molecule has 2 N–H and O–H groups in total. The number of rotatable bonds is 6. The summed E-state index contributed by atoms with van der Waals surface area (Å²) in [4.78, 5) is 13.2. The van der Waals surface area contributed by atoms with Crippen molar-refractivity contribution in [1.82, 2.24) is 4.90 Å². The van der Waals surface area contributed by atoms with E-state index in [-0.39, 0.29) is 11.8 Å². The molecular weight excluding hydrogens is 190 g/mol. The predicted octanol–water partition coefficient (Wildman–Crippen LogP) is 1.12. The zero-order valence-electron chi connectivity index (χ0n) is 9.86. The molecule has 0 aliphatic carbocycles. The Labute approximate surface area is 92.0 Å². The van der Waals surface area contributed by atoms with Crippen molar-refractivity contribution in [3.8, 4) is 6.07 Å². The van der Waals surface area contributed by atoms with Gasteiger partial charge in [0.05, 0.1) is 18.0 Å². The fourth-order valence-electron chi connectivity index (χ4n) is 1.37. The average Bonchev–Trinajstić information content (AvgIpc) is 2.24. The van der Waals surface area contributed by atoms with Crippen LogP contribution in [0, 0.1) is 17.2 Å². The topological polar surface area (TPSA) is 70.1 Å². The Bertz CT molecular complexity index is 234. The summed E-state index contributed by atoms with van der Waals surface area (Å²) in [5.74, 6) is -0.206. The maximum Gasteiger partial charge on any atom is 0.239 e. The van der Waals surface area contributed by atoms with Crippen molar-refractivity contribution in [2.24, 2.45) is 11.7 Å². The van der Waals surface area contributed by atoms with E-state index in [1.807, 2.05) is 0 Å². The second-order valence-electron chi connectivity index (χ2n) is 4.00. The second-order valence-corrected chi connectivity index (χ2v) is 4.00. The normalized spacial score (nSPS) is 14.1. The Kier molecular flexibility index (Phi) is 6.72. The van der Waals surface area contributed by atoms with Crippen molar-refractivity contribution in [1.29, 1.82) is 5.26 Å². The molecule has 15 heavy (non-hydrogen) atoms. The number of hydrogen-bond acceptors (Lipinski definition) is 3. The maximum atomic E-state index is 11.7. The Morgan fingerprint density at radius 3 is 2.67 bits per heavy atom. The first kappa shape index (κ1) is 13.9. The molecule has 4 heteroatoms. The van der Waals surface area contributed by atoms with E-state index in [1.54, 1.807) is 18.9 Å². The highest BCUT2D eigenvalue weighted by atomic mass is 16.2. The van der Waals surface area contributed by atoms with E-state index in [0.717, 1.165) is 19.3 Å². The third-order valence-corrected chi connectivity index (χ3v) is 2.33. The number of nitrogens with zero attached hydrogens (tertiary/aromatic N) is 2. The van der Waals surface area contributed by atoms with Crippen LogP contribution >= 0.6 is 0 Å². The molecule has 0 fully saturated rings. The molecule has 0 saturated heterocycles. The lowest BCUT2D eigenvalue weighted by Crippen LogP contribution is -2.43. The van der Waals surface area contributed by atoms with Gasteiger partial charge in [-0.25, -0.2) is 0 Å². The van der Waals surface area contributed by atoms with Crippen LogP contribution in [0.3, 0.4) is 0 Å². The van der Waals surface area contributed by atoms with Gasteiger partial charge < -0.3 is 10.6 Å². The molecule has 0 aromatic carbocycles. The molecule has 4 nitrogen and oxygen atoms in total. The standard InChI is InChI=1S/C11H21N3O/c1-4-5-6-10(13)11(15)14(3)8-9(2)7-12/h9-10H,4-6,8,13H2,1-3H3. The number of carbonyl (C=O) groups excluding carboxylic acids is 1. The van der Waals surface area contributed by atoms with Crippen LogP contribution in [0.2, 0.25) is 0 Å². The minimum Gasteiger partial charge on any atom is -0.343 e. The van der Waals surface area contributed by atoms with Crippen LogP contribution < -0.4 is 5.73 Å². The van der Waals surface area contributed by atoms with Gasteiger partial charge in [-0.1, -0.05) is 19.8 Å². The Hall–Kier alpha value is -1.08. The van der Waals surface area contributed by atoms with Crippen LogP contribution in [-0.4, -0.2) is 30.4 Å². The number of hydrogen-bond donors (Lipinski definition) is 1. The molecule has 2 unspecified atom stereocenters. The summed E-state index contributed by atoms with van der Waals surface area (Å²) in [6, 6.07) is 1.68. The highest BCUT2D eigenvalue weighted by Crippen LogP contribution is 2.03. The minimum absolute atomic E-state index is 0.0643. The first-order valence-corrected chi connectivity index (χ1v) is 5.43. The van der Waals surface area contributed by atoms with Crippen LogP contribution in [-0.2, 0) is 4.79 Å². The molecular formula is C11H21N3O. The van der Waals surface area contributed by atoms with Crippen LogP contribution in [0.4, 0.5) is 0 Å². The number of unbranched alkanes of at least 4 members (excludes halogenated alkanes) is 1. The van der Waals surface area contributed by atoms with Gasteiger partial charge in [-0.3, -0.25) is 4.79 Å². The smallest absolute Gasteiger partial charge is 0.239 e. The van der Waals surface area contributed by atoms with E-state index in [2.05, 4.69) is 13.0 Å². The fourth-order valence-corrected chi connectivity index (χ4v) is 1.37. The summed E-state index contributed by atoms with van der Waals surface area (Å²) < 4.78 is 0. The van der Waals surface area contributed by atoms with Gasteiger partial charge in [-0.15, -0.1) is 0 Å². The zero-order valence-corrected chi connectivity index (χ0v) is 9.86.